The van der Waals surface area contributed by atoms with Crippen LogP contribution in [0.2, 0.25) is 0 Å². The van der Waals surface area contributed by atoms with E-state index in [0.717, 1.165) is 26.1 Å². The van der Waals surface area contributed by atoms with Crippen molar-refractivity contribution < 1.29 is 13.2 Å². The second-order valence-electron chi connectivity index (χ2n) is 5.31. The van der Waals surface area contributed by atoms with Gasteiger partial charge in [0.1, 0.15) is 0 Å². The van der Waals surface area contributed by atoms with Gasteiger partial charge >= 0.3 is 0 Å². The molecule has 112 valence electrons. The maximum Gasteiger partial charge on any atom is 0.211 e. The third kappa shape index (κ3) is 4.86. The highest BCUT2D eigenvalue weighted by molar-refractivity contribution is 7.89. The standard InChI is InChI=1S/C12H23ClN2O3S/c13-5-1-2-7-19(16,17)14-8-12-9-15-6-3-4-11(15)10-18-12/h11-12,14H,1-10H2. The first kappa shape index (κ1) is 15.5. The van der Waals surface area contributed by atoms with Gasteiger partial charge in [0.2, 0.25) is 10.0 Å². The van der Waals surface area contributed by atoms with Crippen molar-refractivity contribution in [3.05, 3.63) is 0 Å². The first-order valence-electron chi connectivity index (χ1n) is 6.99. The summed E-state index contributed by atoms with van der Waals surface area (Å²) < 4.78 is 31.9. The molecule has 2 fully saturated rings. The molecule has 5 nitrogen and oxygen atoms in total. The second-order valence-corrected chi connectivity index (χ2v) is 7.61. The van der Waals surface area contributed by atoms with E-state index < -0.39 is 10.0 Å². The minimum Gasteiger partial charge on any atom is -0.374 e. The molecule has 2 atom stereocenters. The molecule has 0 aliphatic carbocycles. The Kier molecular flexibility index (Phi) is 5.89. The van der Waals surface area contributed by atoms with Crippen molar-refractivity contribution in [1.82, 2.24) is 9.62 Å². The van der Waals surface area contributed by atoms with Crippen molar-refractivity contribution in [2.75, 3.05) is 37.9 Å². The topological polar surface area (TPSA) is 58.6 Å². The van der Waals surface area contributed by atoms with Crippen LogP contribution in [-0.4, -0.2) is 63.3 Å². The fraction of sp³-hybridized carbons (Fsp3) is 1.00. The molecular weight excluding hydrogens is 288 g/mol. The molecule has 0 aromatic carbocycles. The number of alkyl halides is 1. The number of nitrogens with zero attached hydrogens (tertiary/aromatic N) is 1. The van der Waals surface area contributed by atoms with Gasteiger partial charge in [-0.15, -0.1) is 11.6 Å². The summed E-state index contributed by atoms with van der Waals surface area (Å²) in [6, 6.07) is 0.552. The average Bonchev–Trinajstić information content (AvgIpc) is 2.84. The van der Waals surface area contributed by atoms with E-state index in [1.165, 1.54) is 12.8 Å². The van der Waals surface area contributed by atoms with Gasteiger partial charge < -0.3 is 4.74 Å². The maximum atomic E-state index is 11.8. The zero-order valence-electron chi connectivity index (χ0n) is 11.2. The van der Waals surface area contributed by atoms with Crippen molar-refractivity contribution in [2.45, 2.75) is 37.8 Å². The second kappa shape index (κ2) is 7.22. The summed E-state index contributed by atoms with van der Waals surface area (Å²) in [5.74, 6) is 0.663. The van der Waals surface area contributed by atoms with Gasteiger partial charge in [0.15, 0.2) is 0 Å². The normalized spacial score (nSPS) is 28.5. The Morgan fingerprint density at radius 1 is 1.37 bits per heavy atom. The van der Waals surface area contributed by atoms with Gasteiger partial charge in [0, 0.05) is 25.0 Å². The summed E-state index contributed by atoms with van der Waals surface area (Å²) in [6.45, 7) is 3.08. The lowest BCUT2D eigenvalue weighted by Gasteiger charge is -2.35. The SMILES string of the molecule is O=S(=O)(CCCCCl)NCC1CN2CCCC2CO1. The van der Waals surface area contributed by atoms with Crippen LogP contribution in [0.4, 0.5) is 0 Å². The molecule has 2 rings (SSSR count). The van der Waals surface area contributed by atoms with Crippen LogP contribution in [0.5, 0.6) is 0 Å². The lowest BCUT2D eigenvalue weighted by atomic mass is 10.2. The summed E-state index contributed by atoms with van der Waals surface area (Å²) in [4.78, 5) is 2.41. The van der Waals surface area contributed by atoms with E-state index >= 15 is 0 Å². The first-order valence-corrected chi connectivity index (χ1v) is 9.18. The number of hydrogen-bond donors (Lipinski definition) is 1. The van der Waals surface area contributed by atoms with Crippen molar-refractivity contribution in [3.8, 4) is 0 Å². The third-order valence-electron chi connectivity index (χ3n) is 3.79. The number of nitrogens with one attached hydrogen (secondary N) is 1. The fourth-order valence-electron chi connectivity index (χ4n) is 2.69. The van der Waals surface area contributed by atoms with E-state index in [0.29, 0.717) is 24.9 Å². The van der Waals surface area contributed by atoms with Gasteiger partial charge in [0.25, 0.3) is 0 Å². The van der Waals surface area contributed by atoms with Gasteiger partial charge in [-0.3, -0.25) is 4.90 Å². The maximum absolute atomic E-state index is 11.8. The molecule has 19 heavy (non-hydrogen) atoms. The Morgan fingerprint density at radius 2 is 2.21 bits per heavy atom. The Bertz CT molecular complexity index is 377. The van der Waals surface area contributed by atoms with Crippen molar-refractivity contribution >= 4 is 21.6 Å². The number of hydrogen-bond acceptors (Lipinski definition) is 4. The summed E-state index contributed by atoms with van der Waals surface area (Å²) in [7, 11) is -3.18. The monoisotopic (exact) mass is 310 g/mol. The molecule has 0 aromatic rings. The largest absolute Gasteiger partial charge is 0.374 e. The molecule has 2 heterocycles. The molecule has 0 radical (unpaired) electrons. The highest BCUT2D eigenvalue weighted by Crippen LogP contribution is 2.22. The van der Waals surface area contributed by atoms with E-state index in [4.69, 9.17) is 16.3 Å². The molecular formula is C12H23ClN2O3S. The van der Waals surface area contributed by atoms with Crippen LogP contribution < -0.4 is 4.72 Å². The van der Waals surface area contributed by atoms with Crippen molar-refractivity contribution in [3.63, 3.8) is 0 Å². The first-order chi connectivity index (χ1) is 9.11. The molecule has 0 bridgehead atoms. The number of rotatable bonds is 7. The lowest BCUT2D eigenvalue weighted by Crippen LogP contribution is -2.50. The highest BCUT2D eigenvalue weighted by atomic mass is 35.5. The fourth-order valence-corrected chi connectivity index (χ4v) is 4.05. The molecule has 0 spiro atoms. The number of unbranched alkanes of at least 4 members (excludes halogenated alkanes) is 1. The Labute approximate surface area is 120 Å². The van der Waals surface area contributed by atoms with Crippen LogP contribution in [-0.2, 0) is 14.8 Å². The van der Waals surface area contributed by atoms with Crippen molar-refractivity contribution in [1.29, 1.82) is 0 Å². The Balaban J connectivity index is 1.70. The third-order valence-corrected chi connectivity index (χ3v) is 5.49. The van der Waals surface area contributed by atoms with Gasteiger partial charge in [-0.1, -0.05) is 0 Å². The number of ether oxygens (including phenoxy) is 1. The molecule has 0 aromatic heterocycles. The summed E-state index contributed by atoms with van der Waals surface area (Å²) in [6.07, 6.45) is 3.76. The molecule has 2 aliphatic rings. The minimum atomic E-state index is -3.18. The van der Waals surface area contributed by atoms with Gasteiger partial charge in [-0.25, -0.2) is 13.1 Å². The minimum absolute atomic E-state index is 0.0165. The lowest BCUT2D eigenvalue weighted by molar-refractivity contribution is -0.0449. The van der Waals surface area contributed by atoms with E-state index in [1.807, 2.05) is 0 Å². The highest BCUT2D eigenvalue weighted by Gasteiger charge is 2.32. The molecule has 1 N–H and O–H groups in total. The molecule has 0 saturated carbocycles. The number of halogens is 1. The quantitative estimate of drug-likeness (QED) is 0.558. The van der Waals surface area contributed by atoms with Crippen LogP contribution in [0.3, 0.4) is 0 Å². The predicted molar refractivity (Wildman–Crippen MR) is 76.1 cm³/mol. The van der Waals surface area contributed by atoms with Crippen LogP contribution in [0.15, 0.2) is 0 Å². The van der Waals surface area contributed by atoms with E-state index in [-0.39, 0.29) is 11.9 Å². The van der Waals surface area contributed by atoms with Crippen molar-refractivity contribution in [2.24, 2.45) is 0 Å². The Morgan fingerprint density at radius 3 is 3.00 bits per heavy atom. The predicted octanol–water partition coefficient (Wildman–Crippen LogP) is 0.788. The van der Waals surface area contributed by atoms with Crippen LogP contribution in [0, 0.1) is 0 Å². The van der Waals surface area contributed by atoms with Gasteiger partial charge in [-0.05, 0) is 32.2 Å². The van der Waals surface area contributed by atoms with Gasteiger partial charge in [-0.2, -0.15) is 0 Å². The Hall–Kier alpha value is 0.120. The number of sulfonamides is 1. The van der Waals surface area contributed by atoms with Crippen LogP contribution in [0.1, 0.15) is 25.7 Å². The van der Waals surface area contributed by atoms with E-state index in [2.05, 4.69) is 9.62 Å². The van der Waals surface area contributed by atoms with Gasteiger partial charge in [0.05, 0.1) is 18.5 Å². The smallest absolute Gasteiger partial charge is 0.211 e. The van der Waals surface area contributed by atoms with Crippen LogP contribution in [0.25, 0.3) is 0 Å². The number of fused-ring (bicyclic) bond motifs is 1. The number of morpholine rings is 1. The summed E-state index contributed by atoms with van der Waals surface area (Å²) in [5, 5.41) is 0. The zero-order valence-corrected chi connectivity index (χ0v) is 12.8. The van der Waals surface area contributed by atoms with E-state index in [9.17, 15) is 8.42 Å². The average molecular weight is 311 g/mol. The molecule has 2 aliphatic heterocycles. The molecule has 0 amide bonds. The van der Waals surface area contributed by atoms with E-state index in [1.54, 1.807) is 0 Å². The molecule has 2 saturated heterocycles. The zero-order chi connectivity index (χ0) is 13.7. The molecule has 2 unspecified atom stereocenters. The summed E-state index contributed by atoms with van der Waals surface area (Å²) >= 11 is 5.54. The van der Waals surface area contributed by atoms with Crippen LogP contribution >= 0.6 is 11.6 Å². The molecule has 7 heteroatoms. The summed E-state index contributed by atoms with van der Waals surface area (Å²) in [5.41, 5.74) is 0.